The fourth-order valence-corrected chi connectivity index (χ4v) is 3.45. The van der Waals surface area contributed by atoms with Crippen LogP contribution in [0, 0.1) is 0 Å². The van der Waals surface area contributed by atoms with Crippen LogP contribution in [0.15, 0.2) is 27.8 Å². The van der Waals surface area contributed by atoms with E-state index in [1.54, 1.807) is 6.26 Å². The second-order valence-corrected chi connectivity index (χ2v) is 6.57. The van der Waals surface area contributed by atoms with Gasteiger partial charge in [-0.15, -0.1) is 24.0 Å². The molecule has 2 saturated heterocycles. The molecular weight excluding hydrogens is 419 g/mol. The van der Waals surface area contributed by atoms with Crippen molar-refractivity contribution < 1.29 is 9.15 Å². The first-order chi connectivity index (χ1) is 11.2. The second kappa shape index (κ2) is 9.05. The number of ether oxygens (including phenoxy) is 1. The van der Waals surface area contributed by atoms with Crippen LogP contribution in [0.25, 0.3) is 0 Å². The molecule has 0 spiro atoms. The Balaban J connectivity index is 0.00000208. The van der Waals surface area contributed by atoms with Crippen LogP contribution in [0.1, 0.15) is 38.0 Å². The third-order valence-corrected chi connectivity index (χ3v) is 4.69. The van der Waals surface area contributed by atoms with Gasteiger partial charge in [0.15, 0.2) is 5.96 Å². The Morgan fingerprint density at radius 3 is 2.79 bits per heavy atom. The van der Waals surface area contributed by atoms with Crippen LogP contribution in [0.5, 0.6) is 0 Å². The van der Waals surface area contributed by atoms with E-state index >= 15 is 0 Å². The summed E-state index contributed by atoms with van der Waals surface area (Å²) in [6, 6.07) is 4.44. The van der Waals surface area contributed by atoms with Crippen molar-refractivity contribution in [3.8, 4) is 0 Å². The van der Waals surface area contributed by atoms with Gasteiger partial charge >= 0.3 is 0 Å². The molecule has 2 N–H and O–H groups in total. The Bertz CT molecular complexity index is 521. The normalized spacial score (nSPS) is 27.2. The molecule has 0 amide bonds. The standard InChI is InChI=1S/C17H28N4O2.HI/c1-4-18-17(20-13-10-12-7-8-15(13)23-12)19-11-14(21(2)3)16-6-5-9-22-16;/h5-6,9,12-15H,4,7-8,10-11H2,1-3H3,(H2,18,19,20);1H. The molecule has 2 bridgehead atoms. The molecule has 1 aromatic rings. The number of aliphatic imine (C=N–C) groups is 1. The molecule has 2 fully saturated rings. The van der Waals surface area contributed by atoms with E-state index in [-0.39, 0.29) is 30.0 Å². The predicted octanol–water partition coefficient (Wildman–Crippen LogP) is 2.38. The summed E-state index contributed by atoms with van der Waals surface area (Å²) >= 11 is 0. The number of likely N-dealkylation sites (N-methyl/N-ethyl adjacent to an activating group) is 1. The third-order valence-electron chi connectivity index (χ3n) is 4.69. The van der Waals surface area contributed by atoms with Crippen molar-refractivity contribution in [2.75, 3.05) is 27.2 Å². The van der Waals surface area contributed by atoms with E-state index in [2.05, 4.69) is 22.5 Å². The molecule has 2 aliphatic heterocycles. The van der Waals surface area contributed by atoms with E-state index in [4.69, 9.17) is 14.1 Å². The van der Waals surface area contributed by atoms with Gasteiger partial charge in [-0.1, -0.05) is 0 Å². The predicted molar refractivity (Wildman–Crippen MR) is 106 cm³/mol. The molecule has 0 aliphatic carbocycles. The molecule has 6 nitrogen and oxygen atoms in total. The van der Waals surface area contributed by atoms with E-state index in [0.717, 1.165) is 31.1 Å². The Kier molecular flexibility index (Phi) is 7.36. The van der Waals surface area contributed by atoms with Gasteiger partial charge in [-0.25, -0.2) is 0 Å². The number of furan rings is 1. The maximum atomic E-state index is 5.92. The number of nitrogens with zero attached hydrogens (tertiary/aromatic N) is 2. The molecule has 3 heterocycles. The lowest BCUT2D eigenvalue weighted by molar-refractivity contribution is 0.0992. The number of fused-ring (bicyclic) bond motifs is 2. The van der Waals surface area contributed by atoms with Crippen molar-refractivity contribution in [2.45, 2.75) is 50.5 Å². The van der Waals surface area contributed by atoms with E-state index < -0.39 is 0 Å². The van der Waals surface area contributed by atoms with Crippen LogP contribution in [0.3, 0.4) is 0 Å². The summed E-state index contributed by atoms with van der Waals surface area (Å²) in [5.74, 6) is 1.81. The summed E-state index contributed by atoms with van der Waals surface area (Å²) in [5.41, 5.74) is 0. The van der Waals surface area contributed by atoms with Gasteiger partial charge in [0, 0.05) is 6.54 Å². The van der Waals surface area contributed by atoms with Crippen molar-refractivity contribution in [1.29, 1.82) is 0 Å². The first-order valence-corrected chi connectivity index (χ1v) is 8.57. The monoisotopic (exact) mass is 448 g/mol. The highest BCUT2D eigenvalue weighted by atomic mass is 127. The molecule has 4 unspecified atom stereocenters. The fourth-order valence-electron chi connectivity index (χ4n) is 3.45. The Hall–Kier alpha value is -0.800. The van der Waals surface area contributed by atoms with Crippen LogP contribution < -0.4 is 10.6 Å². The van der Waals surface area contributed by atoms with Gasteiger partial charge in [-0.05, 0) is 52.4 Å². The lowest BCUT2D eigenvalue weighted by Crippen LogP contribution is -2.47. The molecule has 4 atom stereocenters. The Labute approximate surface area is 161 Å². The average molecular weight is 448 g/mol. The lowest BCUT2D eigenvalue weighted by Gasteiger charge is -2.24. The van der Waals surface area contributed by atoms with Crippen molar-refractivity contribution >= 4 is 29.9 Å². The lowest BCUT2D eigenvalue weighted by atomic mass is 9.96. The van der Waals surface area contributed by atoms with Crippen LogP contribution >= 0.6 is 24.0 Å². The van der Waals surface area contributed by atoms with Crippen LogP contribution in [-0.4, -0.2) is 56.3 Å². The smallest absolute Gasteiger partial charge is 0.191 e. The fraction of sp³-hybridized carbons (Fsp3) is 0.706. The quantitative estimate of drug-likeness (QED) is 0.398. The largest absolute Gasteiger partial charge is 0.468 e. The van der Waals surface area contributed by atoms with Gasteiger partial charge in [-0.3, -0.25) is 9.89 Å². The highest BCUT2D eigenvalue weighted by molar-refractivity contribution is 14.0. The van der Waals surface area contributed by atoms with E-state index in [0.29, 0.717) is 24.8 Å². The van der Waals surface area contributed by atoms with Crippen molar-refractivity contribution in [2.24, 2.45) is 4.99 Å². The maximum absolute atomic E-state index is 5.92. The van der Waals surface area contributed by atoms with E-state index in [1.165, 1.54) is 6.42 Å². The molecule has 0 aromatic carbocycles. The summed E-state index contributed by atoms with van der Waals surface area (Å²) in [6.45, 7) is 3.59. The number of hydrogen-bond donors (Lipinski definition) is 2. The molecule has 7 heteroatoms. The SMILES string of the molecule is CCNC(=NCC(c1ccco1)N(C)C)NC1CC2CCC1O2.I. The first kappa shape index (κ1) is 19.5. The van der Waals surface area contributed by atoms with Crippen LogP contribution in [-0.2, 0) is 4.74 Å². The van der Waals surface area contributed by atoms with Gasteiger partial charge in [0.25, 0.3) is 0 Å². The molecular formula is C17H29IN4O2. The molecule has 136 valence electrons. The van der Waals surface area contributed by atoms with Crippen molar-refractivity contribution in [1.82, 2.24) is 15.5 Å². The minimum Gasteiger partial charge on any atom is -0.468 e. The van der Waals surface area contributed by atoms with E-state index in [9.17, 15) is 0 Å². The topological polar surface area (TPSA) is 62.0 Å². The van der Waals surface area contributed by atoms with Crippen molar-refractivity contribution in [3.63, 3.8) is 0 Å². The maximum Gasteiger partial charge on any atom is 0.191 e. The highest BCUT2D eigenvalue weighted by Gasteiger charge is 2.41. The zero-order chi connectivity index (χ0) is 16.2. The summed E-state index contributed by atoms with van der Waals surface area (Å²) in [5, 5.41) is 6.90. The van der Waals surface area contributed by atoms with Gasteiger partial charge in [-0.2, -0.15) is 0 Å². The van der Waals surface area contributed by atoms with Crippen LogP contribution in [0.4, 0.5) is 0 Å². The molecule has 24 heavy (non-hydrogen) atoms. The number of nitrogens with one attached hydrogen (secondary N) is 2. The molecule has 1 aromatic heterocycles. The third kappa shape index (κ3) is 4.64. The minimum atomic E-state index is 0. The molecule has 2 aliphatic rings. The Morgan fingerprint density at radius 1 is 1.42 bits per heavy atom. The van der Waals surface area contributed by atoms with E-state index in [1.807, 2.05) is 26.2 Å². The number of guanidine groups is 1. The van der Waals surface area contributed by atoms with Gasteiger partial charge in [0.05, 0.1) is 37.1 Å². The summed E-state index contributed by atoms with van der Waals surface area (Å²) in [4.78, 5) is 6.91. The first-order valence-electron chi connectivity index (χ1n) is 8.57. The average Bonchev–Trinajstić information content (AvgIpc) is 3.25. The summed E-state index contributed by atoms with van der Waals surface area (Å²) < 4.78 is 11.5. The number of rotatable bonds is 6. The number of hydrogen-bond acceptors (Lipinski definition) is 4. The molecule has 3 rings (SSSR count). The zero-order valence-electron chi connectivity index (χ0n) is 14.7. The molecule has 0 saturated carbocycles. The second-order valence-electron chi connectivity index (χ2n) is 6.57. The Morgan fingerprint density at radius 2 is 2.25 bits per heavy atom. The zero-order valence-corrected chi connectivity index (χ0v) is 17.0. The number of halogens is 1. The highest BCUT2D eigenvalue weighted by Crippen LogP contribution is 2.34. The minimum absolute atomic E-state index is 0. The van der Waals surface area contributed by atoms with Crippen LogP contribution in [0.2, 0.25) is 0 Å². The van der Waals surface area contributed by atoms with Gasteiger partial charge in [0.2, 0.25) is 0 Å². The van der Waals surface area contributed by atoms with Crippen molar-refractivity contribution in [3.05, 3.63) is 24.2 Å². The molecule has 0 radical (unpaired) electrons. The summed E-state index contributed by atoms with van der Waals surface area (Å²) in [7, 11) is 4.10. The van der Waals surface area contributed by atoms with Gasteiger partial charge < -0.3 is 19.8 Å². The van der Waals surface area contributed by atoms with Gasteiger partial charge in [0.1, 0.15) is 5.76 Å². The summed E-state index contributed by atoms with van der Waals surface area (Å²) in [6.07, 6.45) is 5.96.